The van der Waals surface area contributed by atoms with Crippen LogP contribution < -0.4 is 5.32 Å². The maximum atomic E-state index is 12.9. The van der Waals surface area contributed by atoms with Crippen LogP contribution in [0.1, 0.15) is 45.0 Å². The van der Waals surface area contributed by atoms with Gasteiger partial charge in [-0.25, -0.2) is 0 Å². The third-order valence-electron chi connectivity index (χ3n) is 5.93. The standard InChI is InChI=1S/C25H25ClN2O3/c1-16-4-2-5-17(12-16)24(30)18-7-8-21(20(13-18)15-29)19-9-11-28(14-19)25(31)23-22(26)6-3-10-27-23/h2-8,10,12-13,19,23,27,29H,9,11,14-15H2,1H3. The molecule has 1 amide bonds. The van der Waals surface area contributed by atoms with Crippen LogP contribution in [-0.4, -0.2) is 40.8 Å². The van der Waals surface area contributed by atoms with Gasteiger partial charge in [0.15, 0.2) is 5.78 Å². The number of amides is 1. The molecule has 2 aliphatic rings. The summed E-state index contributed by atoms with van der Waals surface area (Å²) in [5.74, 6) is -0.00737. The summed E-state index contributed by atoms with van der Waals surface area (Å²) in [6.07, 6.45) is 6.01. The molecule has 160 valence electrons. The SMILES string of the molecule is Cc1cccc(C(=O)c2ccc(C3CCN(C(=O)C4NC=CC=C4Cl)C3)c(CO)c2)c1. The van der Waals surface area contributed by atoms with E-state index in [1.54, 1.807) is 30.5 Å². The van der Waals surface area contributed by atoms with Gasteiger partial charge in [-0.3, -0.25) is 9.59 Å². The largest absolute Gasteiger partial charge is 0.392 e. The normalized spacial score (nSPS) is 20.4. The zero-order chi connectivity index (χ0) is 22.0. The molecule has 5 nitrogen and oxygen atoms in total. The van der Waals surface area contributed by atoms with E-state index >= 15 is 0 Å². The van der Waals surface area contributed by atoms with Crippen molar-refractivity contribution in [3.8, 4) is 0 Å². The third-order valence-corrected chi connectivity index (χ3v) is 6.28. The highest BCUT2D eigenvalue weighted by Crippen LogP contribution is 2.32. The zero-order valence-electron chi connectivity index (χ0n) is 17.3. The molecular weight excluding hydrogens is 412 g/mol. The third kappa shape index (κ3) is 4.43. The van der Waals surface area contributed by atoms with Gasteiger partial charge in [0.05, 0.1) is 6.61 Å². The summed E-state index contributed by atoms with van der Waals surface area (Å²) in [4.78, 5) is 27.6. The second-order valence-corrected chi connectivity index (χ2v) is 8.49. The first-order chi connectivity index (χ1) is 15.0. The van der Waals surface area contributed by atoms with Gasteiger partial charge in [0.2, 0.25) is 0 Å². The Balaban J connectivity index is 1.51. The summed E-state index contributed by atoms with van der Waals surface area (Å²) < 4.78 is 0. The number of dihydropyridines is 1. The molecule has 2 aromatic carbocycles. The topological polar surface area (TPSA) is 69.6 Å². The molecule has 2 atom stereocenters. The lowest BCUT2D eigenvalue weighted by Crippen LogP contribution is -2.44. The first kappa shape index (κ1) is 21.3. The fourth-order valence-electron chi connectivity index (χ4n) is 4.29. The molecule has 2 aliphatic heterocycles. The fourth-order valence-corrected chi connectivity index (χ4v) is 4.52. The van der Waals surface area contributed by atoms with Gasteiger partial charge in [-0.2, -0.15) is 0 Å². The number of benzene rings is 2. The highest BCUT2D eigenvalue weighted by atomic mass is 35.5. The van der Waals surface area contributed by atoms with Crippen LogP contribution in [0.3, 0.4) is 0 Å². The molecule has 4 rings (SSSR count). The number of carbonyl (C=O) groups is 2. The summed E-state index contributed by atoms with van der Waals surface area (Å²) in [6.45, 7) is 2.99. The fraction of sp³-hybridized carbons (Fsp3) is 0.280. The minimum absolute atomic E-state index is 0.0510. The summed E-state index contributed by atoms with van der Waals surface area (Å²) in [5.41, 5.74) is 3.93. The molecule has 2 aromatic rings. The van der Waals surface area contributed by atoms with E-state index in [1.807, 2.05) is 42.2 Å². The average molecular weight is 437 g/mol. The predicted molar refractivity (Wildman–Crippen MR) is 121 cm³/mol. The number of hydrogen-bond acceptors (Lipinski definition) is 4. The van der Waals surface area contributed by atoms with Crippen LogP contribution >= 0.6 is 11.6 Å². The number of aliphatic hydroxyl groups is 1. The van der Waals surface area contributed by atoms with Gasteiger partial charge in [0.25, 0.3) is 5.91 Å². The number of aliphatic hydroxyl groups excluding tert-OH is 1. The van der Waals surface area contributed by atoms with Crippen LogP contribution in [0.25, 0.3) is 0 Å². The lowest BCUT2D eigenvalue weighted by Gasteiger charge is -2.25. The maximum absolute atomic E-state index is 12.9. The van der Waals surface area contributed by atoms with E-state index in [4.69, 9.17) is 11.6 Å². The molecule has 0 aromatic heterocycles. The summed E-state index contributed by atoms with van der Waals surface area (Å²) >= 11 is 6.20. The molecule has 2 heterocycles. The first-order valence-corrected chi connectivity index (χ1v) is 10.8. The van der Waals surface area contributed by atoms with Crippen molar-refractivity contribution < 1.29 is 14.7 Å². The van der Waals surface area contributed by atoms with Gasteiger partial charge in [-0.15, -0.1) is 0 Å². The average Bonchev–Trinajstić information content (AvgIpc) is 3.28. The molecule has 2 N–H and O–H groups in total. The number of ketones is 1. The molecule has 0 spiro atoms. The van der Waals surface area contributed by atoms with Gasteiger partial charge in [0, 0.05) is 35.2 Å². The van der Waals surface area contributed by atoms with E-state index in [9.17, 15) is 14.7 Å². The Morgan fingerprint density at radius 3 is 2.74 bits per heavy atom. The monoisotopic (exact) mass is 436 g/mol. The molecule has 2 unspecified atom stereocenters. The molecule has 1 saturated heterocycles. The summed E-state index contributed by atoms with van der Waals surface area (Å²) in [6, 6.07) is 12.5. The number of nitrogens with zero attached hydrogens (tertiary/aromatic N) is 1. The van der Waals surface area contributed by atoms with E-state index in [0.29, 0.717) is 29.2 Å². The Hall–Kier alpha value is -2.89. The van der Waals surface area contributed by atoms with Crippen molar-refractivity contribution in [1.29, 1.82) is 0 Å². The van der Waals surface area contributed by atoms with Gasteiger partial charge in [-0.1, -0.05) is 47.5 Å². The molecule has 1 fully saturated rings. The molecular formula is C25H25ClN2O3. The van der Waals surface area contributed by atoms with Crippen molar-refractivity contribution in [2.24, 2.45) is 0 Å². The molecule has 31 heavy (non-hydrogen) atoms. The van der Waals surface area contributed by atoms with E-state index in [2.05, 4.69) is 5.32 Å². The Morgan fingerprint density at radius 1 is 1.19 bits per heavy atom. The maximum Gasteiger partial charge on any atom is 0.250 e. The van der Waals surface area contributed by atoms with Crippen LogP contribution in [0.2, 0.25) is 0 Å². The number of halogens is 1. The van der Waals surface area contributed by atoms with Gasteiger partial charge >= 0.3 is 0 Å². The Bertz CT molecular complexity index is 1080. The quantitative estimate of drug-likeness (QED) is 0.702. The van der Waals surface area contributed by atoms with Gasteiger partial charge < -0.3 is 15.3 Å². The molecule has 0 saturated carbocycles. The van der Waals surface area contributed by atoms with E-state index in [0.717, 1.165) is 23.1 Å². The second kappa shape index (κ2) is 9.08. The minimum Gasteiger partial charge on any atom is -0.392 e. The lowest BCUT2D eigenvalue weighted by atomic mass is 9.90. The number of allylic oxidation sites excluding steroid dienone is 2. The molecule has 6 heteroatoms. The Morgan fingerprint density at radius 2 is 2.00 bits per heavy atom. The van der Waals surface area contributed by atoms with Crippen molar-refractivity contribution in [2.75, 3.05) is 13.1 Å². The summed E-state index contributed by atoms with van der Waals surface area (Å²) in [7, 11) is 0. The van der Waals surface area contributed by atoms with Crippen LogP contribution in [0.5, 0.6) is 0 Å². The Kier molecular flexibility index (Phi) is 6.25. The number of likely N-dealkylation sites (tertiary alicyclic amines) is 1. The van der Waals surface area contributed by atoms with Crippen LogP contribution in [0.15, 0.2) is 65.8 Å². The smallest absolute Gasteiger partial charge is 0.250 e. The van der Waals surface area contributed by atoms with Crippen molar-refractivity contribution in [3.05, 3.63) is 93.7 Å². The van der Waals surface area contributed by atoms with Crippen LogP contribution in [-0.2, 0) is 11.4 Å². The number of rotatable bonds is 5. The minimum atomic E-state index is -0.544. The highest BCUT2D eigenvalue weighted by molar-refractivity contribution is 6.32. The number of hydrogen-bond donors (Lipinski definition) is 2. The molecule has 0 bridgehead atoms. The van der Waals surface area contributed by atoms with E-state index < -0.39 is 6.04 Å². The lowest BCUT2D eigenvalue weighted by molar-refractivity contribution is -0.131. The predicted octanol–water partition coefficient (Wildman–Crippen LogP) is 3.64. The highest BCUT2D eigenvalue weighted by Gasteiger charge is 2.33. The first-order valence-electron chi connectivity index (χ1n) is 10.4. The zero-order valence-corrected chi connectivity index (χ0v) is 18.1. The van der Waals surface area contributed by atoms with Crippen LogP contribution in [0, 0.1) is 6.92 Å². The van der Waals surface area contributed by atoms with Gasteiger partial charge in [-0.05, 0) is 55.0 Å². The van der Waals surface area contributed by atoms with Crippen molar-refractivity contribution in [1.82, 2.24) is 10.2 Å². The number of nitrogens with one attached hydrogen (secondary N) is 1. The van der Waals surface area contributed by atoms with E-state index in [-0.39, 0.29) is 24.2 Å². The summed E-state index contributed by atoms with van der Waals surface area (Å²) in [5, 5.41) is 13.5. The molecule has 0 radical (unpaired) electrons. The molecule has 0 aliphatic carbocycles. The Labute approximate surface area is 187 Å². The van der Waals surface area contributed by atoms with Crippen molar-refractivity contribution in [3.63, 3.8) is 0 Å². The van der Waals surface area contributed by atoms with Crippen molar-refractivity contribution >= 4 is 23.3 Å². The second-order valence-electron chi connectivity index (χ2n) is 8.05. The number of aryl methyl sites for hydroxylation is 1. The number of carbonyl (C=O) groups excluding carboxylic acids is 2. The van der Waals surface area contributed by atoms with E-state index in [1.165, 1.54) is 0 Å². The van der Waals surface area contributed by atoms with Gasteiger partial charge in [0.1, 0.15) is 6.04 Å². The van der Waals surface area contributed by atoms with Crippen molar-refractivity contribution in [2.45, 2.75) is 31.9 Å². The van der Waals surface area contributed by atoms with Crippen LogP contribution in [0.4, 0.5) is 0 Å².